The maximum atomic E-state index is 11.0. The molecule has 0 aliphatic carbocycles. The molecule has 0 aromatic carbocycles. The average Bonchev–Trinajstić information content (AvgIpc) is 1.65. The second-order valence-electron chi connectivity index (χ2n) is 2.36. The fourth-order valence-electron chi connectivity index (χ4n) is 0.729. The van der Waals surface area contributed by atoms with E-state index in [9.17, 15) is 5.21 Å². The van der Waals surface area contributed by atoms with Gasteiger partial charge in [-0.2, -0.15) is 0 Å². The van der Waals surface area contributed by atoms with Gasteiger partial charge in [0.05, 0.1) is 20.3 Å². The number of hydroxylamine groups is 3. The Bertz CT molecular complexity index is 95.6. The summed E-state index contributed by atoms with van der Waals surface area (Å²) in [5, 5.41) is 11.0. The third-order valence-electron chi connectivity index (χ3n) is 1.42. The number of morpholine rings is 1. The van der Waals surface area contributed by atoms with E-state index in [1.807, 2.05) is 0 Å². The molecule has 1 fully saturated rings. The van der Waals surface area contributed by atoms with E-state index in [1.54, 1.807) is 7.05 Å². The summed E-state index contributed by atoms with van der Waals surface area (Å²) in [4.78, 5) is 0. The maximum Gasteiger partial charge on any atom is 1.00 e. The van der Waals surface area contributed by atoms with Crippen LogP contribution in [0.3, 0.4) is 0 Å². The molecule has 0 aromatic heterocycles. The van der Waals surface area contributed by atoms with E-state index in [-0.39, 0.29) is 77.3 Å². The van der Waals surface area contributed by atoms with Crippen molar-refractivity contribution in [2.24, 2.45) is 0 Å². The molecule has 7 nitrogen and oxygen atoms in total. The molecule has 0 radical (unpaired) electrons. The van der Waals surface area contributed by atoms with Crippen LogP contribution in [0, 0.1) is 5.21 Å². The molecule has 0 unspecified atom stereocenters. The van der Waals surface area contributed by atoms with Crippen LogP contribution in [0.5, 0.6) is 0 Å². The summed E-state index contributed by atoms with van der Waals surface area (Å²) in [6.07, 6.45) is 0. The Kier molecular flexibility index (Phi) is 43.3. The van der Waals surface area contributed by atoms with E-state index in [2.05, 4.69) is 0 Å². The van der Waals surface area contributed by atoms with Crippen molar-refractivity contribution in [3.8, 4) is 0 Å². The second kappa shape index (κ2) is 16.8. The fraction of sp³-hybridized carbons (Fsp3) is 1.00. The summed E-state index contributed by atoms with van der Waals surface area (Å²) in [6, 6.07) is 0. The van der Waals surface area contributed by atoms with Crippen LogP contribution in [0.15, 0.2) is 0 Å². The summed E-state index contributed by atoms with van der Waals surface area (Å²) in [7, 11) is 1.68. The molecule has 0 spiro atoms. The van der Waals surface area contributed by atoms with E-state index in [0.29, 0.717) is 26.3 Å². The topological polar surface area (TPSA) is 158 Å². The molecule has 90 valence electrons. The minimum Gasteiger partial charge on any atom is -1.00 e. The molecule has 9 heteroatoms. The number of quaternary nitrogens is 1. The van der Waals surface area contributed by atoms with Gasteiger partial charge in [0, 0.05) is 19.8 Å². The van der Waals surface area contributed by atoms with Gasteiger partial charge in [0.2, 0.25) is 0 Å². The van der Waals surface area contributed by atoms with Gasteiger partial charge >= 0.3 is 29.6 Å². The fourth-order valence-corrected chi connectivity index (χ4v) is 0.729. The molecular formula is C5H20NNaO6Os. The Morgan fingerprint density at radius 3 is 1.50 bits per heavy atom. The van der Waals surface area contributed by atoms with Gasteiger partial charge in [-0.25, -0.2) is 0 Å². The first-order valence-corrected chi connectivity index (χ1v) is 2.84. The van der Waals surface area contributed by atoms with Gasteiger partial charge in [0.1, 0.15) is 13.1 Å². The maximum absolute atomic E-state index is 11.0. The summed E-state index contributed by atoms with van der Waals surface area (Å²) in [5.74, 6) is 0. The Balaban J connectivity index is -0.0000000183. The van der Waals surface area contributed by atoms with Crippen molar-refractivity contribution in [2.75, 3.05) is 33.4 Å². The summed E-state index contributed by atoms with van der Waals surface area (Å²) >= 11 is 0. The Hall–Kier alpha value is 1.36. The quantitative estimate of drug-likeness (QED) is 0.224. The minimum absolute atomic E-state index is 0. The van der Waals surface area contributed by atoms with Crippen molar-refractivity contribution in [1.29, 1.82) is 0 Å². The first-order valence-electron chi connectivity index (χ1n) is 2.84. The van der Waals surface area contributed by atoms with Crippen molar-refractivity contribution in [3.05, 3.63) is 5.21 Å². The van der Waals surface area contributed by atoms with Gasteiger partial charge in [0.25, 0.3) is 0 Å². The molecule has 1 aliphatic rings. The molecule has 1 saturated heterocycles. The zero-order chi connectivity index (χ0) is 6.04. The molecule has 1 heterocycles. The van der Waals surface area contributed by atoms with Crippen LogP contribution in [0.25, 0.3) is 0 Å². The molecule has 0 saturated carbocycles. The predicted octanol–water partition coefficient (Wildman–Crippen LogP) is -6.22. The third-order valence-corrected chi connectivity index (χ3v) is 1.42. The molecule has 0 aromatic rings. The zero-order valence-corrected chi connectivity index (χ0v) is 13.0. The molecule has 1 rings (SSSR count). The smallest absolute Gasteiger partial charge is 1.00 e. The van der Waals surface area contributed by atoms with Crippen molar-refractivity contribution < 1.29 is 82.1 Å². The number of hydrogen-bond acceptors (Lipinski definition) is 2. The van der Waals surface area contributed by atoms with Crippen molar-refractivity contribution >= 4 is 0 Å². The van der Waals surface area contributed by atoms with E-state index in [4.69, 9.17) is 4.74 Å². The molecule has 8 N–H and O–H groups in total. The van der Waals surface area contributed by atoms with Crippen LogP contribution in [-0.2, 0) is 24.5 Å². The van der Waals surface area contributed by atoms with Gasteiger partial charge in [-0.3, -0.25) is 0 Å². The van der Waals surface area contributed by atoms with Crippen LogP contribution in [0.4, 0.5) is 0 Å². The normalized spacial score (nSPS) is 15.9. The van der Waals surface area contributed by atoms with E-state index < -0.39 is 0 Å². The average molecular weight is 403 g/mol. The minimum atomic E-state index is -0.125. The first-order chi connectivity index (χ1) is 3.71. The molecule has 1 aliphatic heterocycles. The van der Waals surface area contributed by atoms with Crippen molar-refractivity contribution in [2.45, 2.75) is 0 Å². The van der Waals surface area contributed by atoms with Crippen LogP contribution in [0.2, 0.25) is 0 Å². The number of hydrogen-bond donors (Lipinski definition) is 0. The summed E-state index contributed by atoms with van der Waals surface area (Å²) < 4.78 is 4.86. The van der Waals surface area contributed by atoms with Gasteiger partial charge < -0.3 is 37.9 Å². The SMILES string of the molecule is C[N+]1([O-])CCOCC1.O.O.O.O.[H-].[Na+].[Os]. The Morgan fingerprint density at radius 2 is 1.36 bits per heavy atom. The first kappa shape index (κ1) is 36.2. The van der Waals surface area contributed by atoms with Crippen molar-refractivity contribution in [3.63, 3.8) is 0 Å². The summed E-state index contributed by atoms with van der Waals surface area (Å²) in [5.41, 5.74) is 0. The van der Waals surface area contributed by atoms with Gasteiger partial charge in [-0.15, -0.1) is 0 Å². The van der Waals surface area contributed by atoms with E-state index in [1.165, 1.54) is 0 Å². The Labute approximate surface area is 120 Å². The van der Waals surface area contributed by atoms with Crippen LogP contribution >= 0.6 is 0 Å². The number of nitrogens with zero attached hydrogens (tertiary/aromatic N) is 1. The second-order valence-corrected chi connectivity index (χ2v) is 2.36. The molecule has 0 bridgehead atoms. The summed E-state index contributed by atoms with van der Waals surface area (Å²) in [6.45, 7) is 2.47. The van der Waals surface area contributed by atoms with E-state index in [0.717, 1.165) is 0 Å². The largest absolute Gasteiger partial charge is 1.00 e. The van der Waals surface area contributed by atoms with Gasteiger partial charge in [-0.1, -0.05) is 0 Å². The predicted molar refractivity (Wildman–Crippen MR) is 45.7 cm³/mol. The van der Waals surface area contributed by atoms with Gasteiger partial charge in [0.15, 0.2) is 0 Å². The third kappa shape index (κ3) is 15.8. The number of ether oxygens (including phenoxy) is 1. The monoisotopic (exact) mass is 405 g/mol. The van der Waals surface area contributed by atoms with E-state index >= 15 is 0 Å². The number of rotatable bonds is 0. The van der Waals surface area contributed by atoms with Crippen LogP contribution in [0.1, 0.15) is 1.43 Å². The number of likely N-dealkylation sites (N-methyl/N-ethyl adjacent to an activating group) is 1. The standard InChI is InChI=1S/C5H11NO2.Na.4H2O.Os.H/c1-6(7)2-4-8-5-3-6;;;;;;;/h2-5H2,1H3;;4*1H2;;/q;+1;;;;;;-1. The van der Waals surface area contributed by atoms with Crippen LogP contribution in [-0.4, -0.2) is 59.9 Å². The Morgan fingerprint density at radius 1 is 1.07 bits per heavy atom. The molecular weight excluding hydrogens is 383 g/mol. The molecule has 0 atom stereocenters. The molecule has 14 heavy (non-hydrogen) atoms. The molecule has 0 amide bonds. The zero-order valence-electron chi connectivity index (χ0n) is 9.45. The van der Waals surface area contributed by atoms with Gasteiger partial charge in [-0.05, 0) is 0 Å². The van der Waals surface area contributed by atoms with Crippen LogP contribution < -0.4 is 29.6 Å². The van der Waals surface area contributed by atoms with Crippen molar-refractivity contribution in [1.82, 2.24) is 0 Å².